The highest BCUT2D eigenvalue weighted by molar-refractivity contribution is 5.88. The number of carbonyl (C=O) groups excluding carboxylic acids is 2. The van der Waals surface area contributed by atoms with Gasteiger partial charge in [-0.25, -0.2) is 4.79 Å². The SMILES string of the molecule is CC(C)(C)C[C@H](N)C(=O)NC(C[C@@H]1CC(C)(C)NC1=O)C(=O)O. The number of hydrogen-bond donors (Lipinski definition) is 4. The molecule has 0 aliphatic carbocycles. The number of amides is 2. The fourth-order valence-electron chi connectivity index (χ4n) is 2.92. The predicted octanol–water partition coefficient (Wildman–Crippen LogP) is 0.624. The van der Waals surface area contributed by atoms with Crippen LogP contribution in [-0.2, 0) is 14.4 Å². The molecule has 0 saturated carbocycles. The third kappa shape index (κ3) is 6.17. The second-order valence-corrected chi connectivity index (χ2v) is 8.28. The largest absolute Gasteiger partial charge is 0.480 e. The molecule has 0 aromatic rings. The highest BCUT2D eigenvalue weighted by atomic mass is 16.4. The molecule has 0 bridgehead atoms. The summed E-state index contributed by atoms with van der Waals surface area (Å²) in [7, 11) is 0. The number of carboxylic acid groups (broad SMARTS) is 1. The van der Waals surface area contributed by atoms with Crippen molar-refractivity contribution in [3.8, 4) is 0 Å². The predicted molar refractivity (Wildman–Crippen MR) is 86.6 cm³/mol. The first-order chi connectivity index (χ1) is 10.3. The monoisotopic (exact) mass is 327 g/mol. The Morgan fingerprint density at radius 3 is 2.39 bits per heavy atom. The summed E-state index contributed by atoms with van der Waals surface area (Å²) in [4.78, 5) is 35.4. The van der Waals surface area contributed by atoms with Gasteiger partial charge in [-0.1, -0.05) is 20.8 Å². The summed E-state index contributed by atoms with van der Waals surface area (Å²) < 4.78 is 0. The maximum atomic E-state index is 12.1. The van der Waals surface area contributed by atoms with Gasteiger partial charge in [0.15, 0.2) is 0 Å². The van der Waals surface area contributed by atoms with Crippen LogP contribution in [0.25, 0.3) is 0 Å². The van der Waals surface area contributed by atoms with Crippen LogP contribution in [-0.4, -0.2) is 40.5 Å². The molecule has 1 aliphatic heterocycles. The molecule has 1 heterocycles. The Morgan fingerprint density at radius 2 is 2.00 bits per heavy atom. The molecule has 0 spiro atoms. The molecular weight excluding hydrogens is 298 g/mol. The van der Waals surface area contributed by atoms with Gasteiger partial charge in [0.25, 0.3) is 0 Å². The molecular formula is C16H29N3O4. The standard InChI is InChI=1S/C16H29N3O4/c1-15(2,3)8-10(17)13(21)18-11(14(22)23)6-9-7-16(4,5)19-12(9)20/h9-11H,6-8,17H2,1-5H3,(H,18,21)(H,19,20)(H,22,23)/t9-,10+,11?/m1/s1. The Bertz CT molecular complexity index is 482. The van der Waals surface area contributed by atoms with Crippen molar-refractivity contribution in [2.24, 2.45) is 17.1 Å². The van der Waals surface area contributed by atoms with Gasteiger partial charge in [-0.3, -0.25) is 9.59 Å². The van der Waals surface area contributed by atoms with Crippen molar-refractivity contribution < 1.29 is 19.5 Å². The lowest BCUT2D eigenvalue weighted by atomic mass is 9.87. The van der Waals surface area contributed by atoms with Crippen molar-refractivity contribution in [1.82, 2.24) is 10.6 Å². The quantitative estimate of drug-likeness (QED) is 0.570. The van der Waals surface area contributed by atoms with E-state index in [9.17, 15) is 19.5 Å². The van der Waals surface area contributed by atoms with Crippen molar-refractivity contribution >= 4 is 17.8 Å². The van der Waals surface area contributed by atoms with Crippen molar-refractivity contribution in [3.05, 3.63) is 0 Å². The van der Waals surface area contributed by atoms with Crippen LogP contribution in [0, 0.1) is 11.3 Å². The van der Waals surface area contributed by atoms with Crippen molar-refractivity contribution in [2.45, 2.75) is 71.5 Å². The van der Waals surface area contributed by atoms with Crippen LogP contribution in [0.5, 0.6) is 0 Å². The minimum absolute atomic E-state index is 0.0680. The number of nitrogens with one attached hydrogen (secondary N) is 2. The molecule has 23 heavy (non-hydrogen) atoms. The second-order valence-electron chi connectivity index (χ2n) is 8.28. The van der Waals surface area contributed by atoms with Gasteiger partial charge in [0, 0.05) is 11.5 Å². The van der Waals surface area contributed by atoms with E-state index in [-0.39, 0.29) is 23.3 Å². The minimum Gasteiger partial charge on any atom is -0.480 e. The van der Waals surface area contributed by atoms with Crippen molar-refractivity contribution in [2.75, 3.05) is 0 Å². The number of carboxylic acids is 1. The molecule has 0 aromatic carbocycles. The number of aliphatic carboxylic acids is 1. The molecule has 5 N–H and O–H groups in total. The molecule has 132 valence electrons. The molecule has 0 radical (unpaired) electrons. The average Bonchev–Trinajstić information content (AvgIpc) is 2.58. The Hall–Kier alpha value is -1.63. The first-order valence-corrected chi connectivity index (χ1v) is 7.91. The van der Waals surface area contributed by atoms with Crippen LogP contribution in [0.15, 0.2) is 0 Å². The molecule has 1 unspecified atom stereocenters. The zero-order valence-electron chi connectivity index (χ0n) is 14.6. The van der Waals surface area contributed by atoms with E-state index in [1.165, 1.54) is 0 Å². The summed E-state index contributed by atoms with van der Waals surface area (Å²) in [6.45, 7) is 9.65. The van der Waals surface area contributed by atoms with Gasteiger partial charge in [-0.05, 0) is 38.5 Å². The van der Waals surface area contributed by atoms with E-state index in [2.05, 4.69) is 10.6 Å². The van der Waals surface area contributed by atoms with Gasteiger partial charge in [0.2, 0.25) is 11.8 Å². The number of hydrogen-bond acceptors (Lipinski definition) is 4. The van der Waals surface area contributed by atoms with Crippen LogP contribution in [0.3, 0.4) is 0 Å². The maximum Gasteiger partial charge on any atom is 0.326 e. The second kappa shape index (κ2) is 6.86. The van der Waals surface area contributed by atoms with Gasteiger partial charge in [0.1, 0.15) is 6.04 Å². The van der Waals surface area contributed by atoms with Crippen molar-refractivity contribution in [3.63, 3.8) is 0 Å². The van der Waals surface area contributed by atoms with Crippen LogP contribution in [0.2, 0.25) is 0 Å². The van der Waals surface area contributed by atoms with Crippen LogP contribution in [0.1, 0.15) is 53.9 Å². The number of nitrogens with two attached hydrogens (primary N) is 1. The summed E-state index contributed by atoms with van der Waals surface area (Å²) in [5.41, 5.74) is 5.36. The third-order valence-electron chi connectivity index (χ3n) is 3.89. The summed E-state index contributed by atoms with van der Waals surface area (Å²) in [5, 5.41) is 14.6. The third-order valence-corrected chi connectivity index (χ3v) is 3.89. The summed E-state index contributed by atoms with van der Waals surface area (Å²) in [6, 6.07) is -1.89. The fourth-order valence-corrected chi connectivity index (χ4v) is 2.92. The maximum absolute atomic E-state index is 12.1. The number of rotatable bonds is 6. The van der Waals surface area contributed by atoms with E-state index in [0.717, 1.165) is 0 Å². The Balaban J connectivity index is 2.68. The molecule has 1 rings (SSSR count). The Morgan fingerprint density at radius 1 is 1.43 bits per heavy atom. The lowest BCUT2D eigenvalue weighted by Crippen LogP contribution is -2.50. The zero-order chi connectivity index (χ0) is 18.0. The summed E-state index contributed by atoms with van der Waals surface area (Å²) in [6.07, 6.45) is 1.06. The van der Waals surface area contributed by atoms with Gasteiger partial charge in [-0.15, -0.1) is 0 Å². The molecule has 0 aromatic heterocycles. The van der Waals surface area contributed by atoms with Crippen molar-refractivity contribution in [1.29, 1.82) is 0 Å². The van der Waals surface area contributed by atoms with Gasteiger partial charge >= 0.3 is 5.97 Å². The van der Waals surface area contributed by atoms with E-state index in [0.29, 0.717) is 12.8 Å². The van der Waals surface area contributed by atoms with Crippen LogP contribution in [0.4, 0.5) is 0 Å². The molecule has 7 nitrogen and oxygen atoms in total. The van der Waals surface area contributed by atoms with Gasteiger partial charge in [0.05, 0.1) is 6.04 Å². The highest BCUT2D eigenvalue weighted by Gasteiger charge is 2.40. The topological polar surface area (TPSA) is 122 Å². The molecule has 7 heteroatoms. The van der Waals surface area contributed by atoms with Gasteiger partial charge < -0.3 is 21.5 Å². The highest BCUT2D eigenvalue weighted by Crippen LogP contribution is 2.28. The summed E-state index contributed by atoms with van der Waals surface area (Å²) >= 11 is 0. The molecule has 1 saturated heterocycles. The van der Waals surface area contributed by atoms with E-state index in [4.69, 9.17) is 5.73 Å². The van der Waals surface area contributed by atoms with E-state index in [1.807, 2.05) is 34.6 Å². The fraction of sp³-hybridized carbons (Fsp3) is 0.812. The zero-order valence-corrected chi connectivity index (χ0v) is 14.6. The van der Waals surface area contributed by atoms with E-state index >= 15 is 0 Å². The average molecular weight is 327 g/mol. The van der Waals surface area contributed by atoms with Crippen LogP contribution < -0.4 is 16.4 Å². The first-order valence-electron chi connectivity index (χ1n) is 7.91. The van der Waals surface area contributed by atoms with E-state index in [1.54, 1.807) is 0 Å². The molecule has 2 amide bonds. The minimum atomic E-state index is -1.15. The molecule has 3 atom stereocenters. The Kier molecular flexibility index (Phi) is 5.79. The van der Waals surface area contributed by atoms with Gasteiger partial charge in [-0.2, -0.15) is 0 Å². The molecule has 1 aliphatic rings. The Labute approximate surface area is 137 Å². The lowest BCUT2D eigenvalue weighted by molar-refractivity contribution is -0.142. The number of carbonyl (C=O) groups is 3. The van der Waals surface area contributed by atoms with E-state index < -0.39 is 29.9 Å². The smallest absolute Gasteiger partial charge is 0.326 e. The first kappa shape index (κ1) is 19.4. The van der Waals surface area contributed by atoms with Crippen LogP contribution >= 0.6 is 0 Å². The lowest BCUT2D eigenvalue weighted by Gasteiger charge is -2.24. The summed E-state index contributed by atoms with van der Waals surface area (Å²) in [5.74, 6) is -2.25. The normalized spacial score (nSPS) is 23.0. The molecule has 1 fully saturated rings.